The summed E-state index contributed by atoms with van der Waals surface area (Å²) in [6, 6.07) is 1.79. The van der Waals surface area contributed by atoms with E-state index in [1.165, 1.54) is 6.20 Å². The molecule has 0 aromatic carbocycles. The highest BCUT2D eigenvalue weighted by molar-refractivity contribution is 14.1. The van der Waals surface area contributed by atoms with Gasteiger partial charge in [-0.05, 0) is 28.2 Å². The Bertz CT molecular complexity index is 390. The molecule has 0 aliphatic carbocycles. The summed E-state index contributed by atoms with van der Waals surface area (Å²) in [6.45, 7) is 0. The maximum Gasteiger partial charge on any atom is 0.265 e. The van der Waals surface area contributed by atoms with Crippen LogP contribution in [0.2, 0.25) is 5.02 Å². The Morgan fingerprint density at radius 1 is 1.64 bits per heavy atom. The molecule has 74 valence electrons. The predicted octanol–water partition coefficient (Wildman–Crippen LogP) is 3.34. The van der Waals surface area contributed by atoms with Crippen LogP contribution in [0.1, 0.15) is 17.6 Å². The lowest BCUT2D eigenvalue weighted by atomic mass is 10.1. The molecule has 0 atom stereocenters. The van der Waals surface area contributed by atoms with Gasteiger partial charge in [0.25, 0.3) is 6.43 Å². The third kappa shape index (κ3) is 2.30. The van der Waals surface area contributed by atoms with E-state index in [9.17, 15) is 8.78 Å². The molecule has 0 amide bonds. The average molecular weight is 328 g/mol. The zero-order valence-corrected chi connectivity index (χ0v) is 9.68. The number of pyridine rings is 1. The van der Waals surface area contributed by atoms with E-state index in [2.05, 4.69) is 4.98 Å². The molecule has 1 aromatic heterocycles. The van der Waals surface area contributed by atoms with Crippen molar-refractivity contribution < 1.29 is 8.78 Å². The third-order valence-electron chi connectivity index (χ3n) is 1.58. The van der Waals surface area contributed by atoms with Crippen LogP contribution in [-0.4, -0.2) is 4.98 Å². The first-order chi connectivity index (χ1) is 6.57. The van der Waals surface area contributed by atoms with Crippen LogP contribution in [-0.2, 0) is 6.42 Å². The van der Waals surface area contributed by atoms with E-state index in [0.717, 1.165) is 0 Å². The normalized spacial score (nSPS) is 10.3. The maximum absolute atomic E-state index is 12.6. The molecule has 1 aromatic rings. The Balaban J connectivity index is 3.31. The summed E-state index contributed by atoms with van der Waals surface area (Å²) >= 11 is 7.44. The van der Waals surface area contributed by atoms with E-state index in [-0.39, 0.29) is 22.6 Å². The minimum Gasteiger partial charge on any atom is -0.248 e. The van der Waals surface area contributed by atoms with Gasteiger partial charge < -0.3 is 0 Å². The van der Waals surface area contributed by atoms with Gasteiger partial charge in [-0.2, -0.15) is 5.26 Å². The second kappa shape index (κ2) is 4.84. The highest BCUT2D eigenvalue weighted by atomic mass is 127. The van der Waals surface area contributed by atoms with E-state index in [4.69, 9.17) is 16.9 Å². The van der Waals surface area contributed by atoms with E-state index in [1.54, 1.807) is 28.7 Å². The Morgan fingerprint density at radius 3 is 2.79 bits per heavy atom. The van der Waals surface area contributed by atoms with Gasteiger partial charge >= 0.3 is 0 Å². The molecule has 0 saturated carbocycles. The number of nitriles is 1. The van der Waals surface area contributed by atoms with Crippen LogP contribution in [0.4, 0.5) is 8.78 Å². The Morgan fingerprint density at radius 2 is 2.29 bits per heavy atom. The van der Waals surface area contributed by atoms with Crippen molar-refractivity contribution in [3.63, 3.8) is 0 Å². The largest absolute Gasteiger partial charge is 0.265 e. The summed E-state index contributed by atoms with van der Waals surface area (Å²) in [5.74, 6) is 0. The van der Waals surface area contributed by atoms with Crippen LogP contribution >= 0.6 is 34.2 Å². The highest BCUT2D eigenvalue weighted by Crippen LogP contribution is 2.32. The van der Waals surface area contributed by atoms with Gasteiger partial charge in [-0.15, -0.1) is 0 Å². The van der Waals surface area contributed by atoms with Gasteiger partial charge in [0, 0.05) is 11.8 Å². The van der Waals surface area contributed by atoms with Crippen LogP contribution in [0.25, 0.3) is 0 Å². The molecule has 0 bridgehead atoms. The summed E-state index contributed by atoms with van der Waals surface area (Å²) in [6.07, 6.45) is -1.52. The van der Waals surface area contributed by atoms with E-state index >= 15 is 0 Å². The molecule has 0 N–H and O–H groups in total. The standard InChI is InChI=1S/C8H4ClF2IN2/c9-6-5(7(10)11)4(1-2-13)3-14-8(6)12/h3,7H,1H2. The molecule has 0 spiro atoms. The first-order valence-corrected chi connectivity index (χ1v) is 5.01. The predicted molar refractivity (Wildman–Crippen MR) is 56.2 cm³/mol. The van der Waals surface area contributed by atoms with Crippen LogP contribution in [0.15, 0.2) is 6.20 Å². The summed E-state index contributed by atoms with van der Waals surface area (Å²) in [4.78, 5) is 3.81. The summed E-state index contributed by atoms with van der Waals surface area (Å²) in [7, 11) is 0. The molecular formula is C8H4ClF2IN2. The lowest BCUT2D eigenvalue weighted by Gasteiger charge is -2.08. The van der Waals surface area contributed by atoms with E-state index in [0.29, 0.717) is 3.70 Å². The van der Waals surface area contributed by atoms with Gasteiger partial charge in [0.05, 0.1) is 17.5 Å². The fourth-order valence-corrected chi connectivity index (χ4v) is 1.66. The van der Waals surface area contributed by atoms with Crippen molar-refractivity contribution in [2.24, 2.45) is 0 Å². The Labute approximate surface area is 98.0 Å². The maximum atomic E-state index is 12.6. The number of alkyl halides is 2. The smallest absolute Gasteiger partial charge is 0.248 e. The fraction of sp³-hybridized carbons (Fsp3) is 0.250. The van der Waals surface area contributed by atoms with Gasteiger partial charge in [-0.25, -0.2) is 13.8 Å². The first kappa shape index (κ1) is 11.6. The molecule has 0 unspecified atom stereocenters. The van der Waals surface area contributed by atoms with Crippen molar-refractivity contribution in [2.45, 2.75) is 12.8 Å². The molecule has 0 aliphatic rings. The van der Waals surface area contributed by atoms with Crippen LogP contribution in [0.3, 0.4) is 0 Å². The number of halogens is 4. The zero-order valence-electron chi connectivity index (χ0n) is 6.77. The first-order valence-electron chi connectivity index (χ1n) is 3.55. The Hall–Kier alpha value is -0.480. The third-order valence-corrected chi connectivity index (χ3v) is 3.10. The molecule has 14 heavy (non-hydrogen) atoms. The molecule has 1 heterocycles. The second-order valence-electron chi connectivity index (χ2n) is 2.44. The van der Waals surface area contributed by atoms with Crippen LogP contribution < -0.4 is 0 Å². The summed E-state index contributed by atoms with van der Waals surface area (Å²) < 4.78 is 25.5. The highest BCUT2D eigenvalue weighted by Gasteiger charge is 2.19. The van der Waals surface area contributed by atoms with Crippen LogP contribution in [0, 0.1) is 15.0 Å². The van der Waals surface area contributed by atoms with Gasteiger partial charge in [-0.1, -0.05) is 11.6 Å². The average Bonchev–Trinajstić information content (AvgIpc) is 2.11. The monoisotopic (exact) mass is 328 g/mol. The molecule has 0 aliphatic heterocycles. The minimum absolute atomic E-state index is 0.0617. The Kier molecular flexibility index (Phi) is 4.01. The molecule has 0 fully saturated rings. The van der Waals surface area contributed by atoms with Crippen molar-refractivity contribution in [2.75, 3.05) is 0 Å². The molecular weight excluding hydrogens is 324 g/mol. The van der Waals surface area contributed by atoms with Crippen molar-refractivity contribution in [3.8, 4) is 6.07 Å². The quantitative estimate of drug-likeness (QED) is 0.617. The molecule has 0 radical (unpaired) electrons. The van der Waals surface area contributed by atoms with Gasteiger partial charge in [0.1, 0.15) is 3.70 Å². The van der Waals surface area contributed by atoms with Gasteiger partial charge in [0.2, 0.25) is 0 Å². The molecule has 2 nitrogen and oxygen atoms in total. The SMILES string of the molecule is N#CCc1cnc(I)c(Cl)c1C(F)F. The lowest BCUT2D eigenvalue weighted by Crippen LogP contribution is -1.99. The van der Waals surface area contributed by atoms with Crippen molar-refractivity contribution in [3.05, 3.63) is 26.0 Å². The lowest BCUT2D eigenvalue weighted by molar-refractivity contribution is 0.150. The number of rotatable bonds is 2. The van der Waals surface area contributed by atoms with Crippen molar-refractivity contribution in [1.29, 1.82) is 5.26 Å². The van der Waals surface area contributed by atoms with Gasteiger partial charge in [0.15, 0.2) is 0 Å². The van der Waals surface area contributed by atoms with Crippen molar-refractivity contribution >= 4 is 34.2 Å². The summed E-state index contributed by atoms with van der Waals surface area (Å²) in [5.41, 5.74) is -0.0967. The number of hydrogen-bond acceptors (Lipinski definition) is 2. The van der Waals surface area contributed by atoms with E-state index < -0.39 is 6.43 Å². The summed E-state index contributed by atoms with van der Waals surface area (Å²) in [5, 5.41) is 8.36. The second-order valence-corrected chi connectivity index (χ2v) is 3.84. The van der Waals surface area contributed by atoms with Gasteiger partial charge in [-0.3, -0.25) is 0 Å². The van der Waals surface area contributed by atoms with E-state index in [1.807, 2.05) is 0 Å². The van der Waals surface area contributed by atoms with Crippen LogP contribution in [0.5, 0.6) is 0 Å². The zero-order chi connectivity index (χ0) is 10.7. The molecule has 6 heteroatoms. The number of nitrogens with zero attached hydrogens (tertiary/aromatic N) is 2. The topological polar surface area (TPSA) is 36.7 Å². The molecule has 0 saturated heterocycles. The molecule has 1 rings (SSSR count). The number of hydrogen-bond donors (Lipinski definition) is 0. The van der Waals surface area contributed by atoms with Crippen molar-refractivity contribution in [1.82, 2.24) is 4.98 Å². The fourth-order valence-electron chi connectivity index (χ4n) is 0.975. The number of aromatic nitrogens is 1. The minimum atomic E-state index is -2.68.